The number of pyridine rings is 2. The fraction of sp³-hybridized carbons (Fsp3) is 0.344. The van der Waals surface area contributed by atoms with E-state index in [0.717, 1.165) is 12.1 Å². The lowest BCUT2D eigenvalue weighted by atomic mass is 10.0. The minimum absolute atomic E-state index is 0.0647. The highest BCUT2D eigenvalue weighted by atomic mass is 19.2. The van der Waals surface area contributed by atoms with E-state index in [2.05, 4.69) is 21.5 Å². The van der Waals surface area contributed by atoms with Crippen molar-refractivity contribution in [2.24, 2.45) is 0 Å². The SMILES string of the molecule is C=CC(=O)N1CC(C)N2c3nc(=O)n(-c4c(C)ccnc4C(C)C)c4nc(-c5c(O)ccc(F)c5F)c(F)c(c34)N(C)CC2C1. The zero-order chi connectivity index (χ0) is 32.5. The predicted octanol–water partition coefficient (Wildman–Crippen LogP) is 4.44. The number of hydrogen-bond acceptors (Lipinski definition) is 8. The van der Waals surface area contributed by atoms with Gasteiger partial charge in [0.2, 0.25) is 5.91 Å². The number of rotatable bonds is 4. The standard InChI is InChI=1S/C32H32F3N7O3/c1-7-21(44)40-12-17(5)41-18(14-40)13-39(6)29-23-30(37-27(25(29)35)22-20(43)9-8-19(33)24(22)34)42(32(45)38-31(23)41)28-16(4)10-11-36-26(28)15(2)3/h7-11,15,17-18,43H,1,12-14H2,2-6H3. The smallest absolute Gasteiger partial charge is 0.355 e. The maximum Gasteiger partial charge on any atom is 0.355 e. The fourth-order valence-corrected chi connectivity index (χ4v) is 6.58. The molecule has 1 aromatic carbocycles. The Bertz CT molecular complexity index is 1960. The van der Waals surface area contributed by atoms with E-state index in [1.54, 1.807) is 36.0 Å². The van der Waals surface area contributed by atoms with E-state index in [-0.39, 0.29) is 53.5 Å². The van der Waals surface area contributed by atoms with Gasteiger partial charge in [0.15, 0.2) is 23.1 Å². The summed E-state index contributed by atoms with van der Waals surface area (Å²) in [6.45, 7) is 11.8. The number of carbonyl (C=O) groups is 1. The van der Waals surface area contributed by atoms with Crippen LogP contribution in [0, 0.1) is 24.4 Å². The third-order valence-corrected chi connectivity index (χ3v) is 8.54. The van der Waals surface area contributed by atoms with Crippen LogP contribution in [-0.2, 0) is 4.79 Å². The van der Waals surface area contributed by atoms with Gasteiger partial charge in [0, 0.05) is 38.9 Å². The first-order valence-electron chi connectivity index (χ1n) is 14.6. The monoisotopic (exact) mass is 619 g/mol. The molecule has 2 aliphatic rings. The van der Waals surface area contributed by atoms with Crippen molar-refractivity contribution in [2.45, 2.75) is 45.7 Å². The first-order chi connectivity index (χ1) is 21.3. The van der Waals surface area contributed by atoms with E-state index in [1.165, 1.54) is 10.6 Å². The van der Waals surface area contributed by atoms with Crippen LogP contribution in [0.1, 0.15) is 37.9 Å². The zero-order valence-corrected chi connectivity index (χ0v) is 25.5. The van der Waals surface area contributed by atoms with Crippen molar-refractivity contribution in [3.8, 4) is 22.7 Å². The predicted molar refractivity (Wildman–Crippen MR) is 165 cm³/mol. The second-order valence-electron chi connectivity index (χ2n) is 11.9. The van der Waals surface area contributed by atoms with Crippen molar-refractivity contribution in [1.29, 1.82) is 0 Å². The number of aryl methyl sites for hydroxylation is 1. The zero-order valence-electron chi connectivity index (χ0n) is 25.5. The van der Waals surface area contributed by atoms with Crippen LogP contribution in [0.2, 0.25) is 0 Å². The molecule has 1 saturated heterocycles. The molecule has 13 heteroatoms. The van der Waals surface area contributed by atoms with Gasteiger partial charge < -0.3 is 19.8 Å². The molecule has 10 nitrogen and oxygen atoms in total. The minimum Gasteiger partial charge on any atom is -0.507 e. The summed E-state index contributed by atoms with van der Waals surface area (Å²) in [6.07, 6.45) is 2.85. The number of halogens is 3. The van der Waals surface area contributed by atoms with Crippen LogP contribution in [0.25, 0.3) is 28.0 Å². The molecule has 2 aliphatic heterocycles. The van der Waals surface area contributed by atoms with Gasteiger partial charge in [-0.3, -0.25) is 9.78 Å². The molecule has 234 valence electrons. The quantitative estimate of drug-likeness (QED) is 0.334. The van der Waals surface area contributed by atoms with Crippen LogP contribution in [0.4, 0.5) is 24.7 Å². The molecule has 5 heterocycles. The van der Waals surface area contributed by atoms with Crippen molar-refractivity contribution >= 4 is 28.4 Å². The van der Waals surface area contributed by atoms with Crippen LogP contribution in [0.5, 0.6) is 5.75 Å². The fourth-order valence-electron chi connectivity index (χ4n) is 6.58. The number of aromatic nitrogens is 4. The molecule has 0 radical (unpaired) electrons. The molecule has 2 unspecified atom stereocenters. The number of phenolic OH excluding ortho intramolecular Hbond substituents is 1. The lowest BCUT2D eigenvalue weighted by Crippen LogP contribution is -2.61. The number of likely N-dealkylation sites (N-methyl/N-ethyl adjacent to an activating group) is 1. The molecule has 1 amide bonds. The Morgan fingerprint density at radius 3 is 2.51 bits per heavy atom. The van der Waals surface area contributed by atoms with Crippen molar-refractivity contribution in [3.05, 3.63) is 76.2 Å². The maximum atomic E-state index is 16.9. The molecular weight excluding hydrogens is 587 g/mol. The summed E-state index contributed by atoms with van der Waals surface area (Å²) >= 11 is 0. The molecule has 4 aromatic rings. The van der Waals surface area contributed by atoms with Gasteiger partial charge >= 0.3 is 5.69 Å². The van der Waals surface area contributed by atoms with E-state index >= 15 is 8.78 Å². The Morgan fingerprint density at radius 2 is 1.82 bits per heavy atom. The molecular formula is C32H32F3N7O3. The lowest BCUT2D eigenvalue weighted by molar-refractivity contribution is -0.127. The molecule has 2 atom stereocenters. The molecule has 1 fully saturated rings. The number of phenols is 1. The average molecular weight is 620 g/mol. The first kappa shape index (κ1) is 30.1. The van der Waals surface area contributed by atoms with Crippen LogP contribution < -0.4 is 15.5 Å². The summed E-state index contributed by atoms with van der Waals surface area (Å²) < 4.78 is 47.9. The molecule has 0 spiro atoms. The summed E-state index contributed by atoms with van der Waals surface area (Å²) in [6, 6.07) is 2.58. The van der Waals surface area contributed by atoms with E-state index in [9.17, 15) is 19.1 Å². The van der Waals surface area contributed by atoms with Crippen LogP contribution in [0.3, 0.4) is 0 Å². The number of aromatic hydroxyl groups is 1. The van der Waals surface area contributed by atoms with Crippen LogP contribution >= 0.6 is 0 Å². The highest BCUT2D eigenvalue weighted by molar-refractivity contribution is 6.02. The van der Waals surface area contributed by atoms with E-state index in [0.29, 0.717) is 23.5 Å². The number of amides is 1. The van der Waals surface area contributed by atoms with Crippen LogP contribution in [0.15, 0.2) is 41.8 Å². The van der Waals surface area contributed by atoms with Crippen LogP contribution in [-0.4, -0.2) is 74.2 Å². The Kier molecular flexibility index (Phi) is 7.29. The van der Waals surface area contributed by atoms with Crippen molar-refractivity contribution in [1.82, 2.24) is 24.4 Å². The summed E-state index contributed by atoms with van der Waals surface area (Å²) in [5.41, 5.74) is -0.730. The van der Waals surface area contributed by atoms with Crippen molar-refractivity contribution in [3.63, 3.8) is 0 Å². The lowest BCUT2D eigenvalue weighted by Gasteiger charge is -2.46. The number of benzene rings is 1. The number of fused-ring (bicyclic) bond motifs is 2. The Balaban J connectivity index is 1.78. The summed E-state index contributed by atoms with van der Waals surface area (Å²) in [4.78, 5) is 45.5. The minimum atomic E-state index is -1.49. The third kappa shape index (κ3) is 4.59. The molecule has 6 rings (SSSR count). The number of hydrogen-bond donors (Lipinski definition) is 1. The van der Waals surface area contributed by atoms with E-state index in [4.69, 9.17) is 0 Å². The highest BCUT2D eigenvalue weighted by Gasteiger charge is 2.41. The normalized spacial score (nSPS) is 17.9. The van der Waals surface area contributed by atoms with Crippen molar-refractivity contribution < 1.29 is 23.1 Å². The second kappa shape index (κ2) is 10.9. The maximum absolute atomic E-state index is 16.9. The van der Waals surface area contributed by atoms with Gasteiger partial charge in [0.1, 0.15) is 17.3 Å². The second-order valence-corrected chi connectivity index (χ2v) is 11.9. The average Bonchev–Trinajstić information content (AvgIpc) is 3.11. The molecule has 1 N–H and O–H groups in total. The Hall–Kier alpha value is -4.94. The Labute approximate surface area is 257 Å². The number of piperazine rings is 1. The summed E-state index contributed by atoms with van der Waals surface area (Å²) in [5, 5.41) is 10.8. The highest BCUT2D eigenvalue weighted by Crippen LogP contribution is 2.45. The first-order valence-corrected chi connectivity index (χ1v) is 14.6. The number of nitrogens with zero attached hydrogens (tertiary/aromatic N) is 7. The molecule has 0 saturated carbocycles. The topological polar surface area (TPSA) is 108 Å². The number of carbonyl (C=O) groups excluding carboxylic acids is 1. The number of anilines is 2. The van der Waals surface area contributed by atoms with Gasteiger partial charge in [0.25, 0.3) is 0 Å². The van der Waals surface area contributed by atoms with Gasteiger partial charge in [-0.2, -0.15) is 4.98 Å². The van der Waals surface area contributed by atoms with Gasteiger partial charge in [-0.25, -0.2) is 27.5 Å². The molecule has 3 aromatic heterocycles. The summed E-state index contributed by atoms with van der Waals surface area (Å²) in [7, 11) is 1.62. The largest absolute Gasteiger partial charge is 0.507 e. The molecule has 0 bridgehead atoms. The Morgan fingerprint density at radius 1 is 1.09 bits per heavy atom. The van der Waals surface area contributed by atoms with Gasteiger partial charge in [0.05, 0.1) is 34.1 Å². The van der Waals surface area contributed by atoms with Gasteiger partial charge in [-0.15, -0.1) is 0 Å². The van der Waals surface area contributed by atoms with Gasteiger partial charge in [-0.1, -0.05) is 20.4 Å². The van der Waals surface area contributed by atoms with Gasteiger partial charge in [-0.05, 0) is 49.6 Å². The molecule has 0 aliphatic carbocycles. The van der Waals surface area contributed by atoms with Crippen molar-refractivity contribution in [2.75, 3.05) is 36.5 Å². The summed E-state index contributed by atoms with van der Waals surface area (Å²) in [5.74, 6) is -4.81. The molecule has 45 heavy (non-hydrogen) atoms. The van der Waals surface area contributed by atoms with E-state index < -0.39 is 46.2 Å². The van der Waals surface area contributed by atoms with E-state index in [1.807, 2.05) is 25.7 Å². The third-order valence-electron chi connectivity index (χ3n) is 8.54.